The summed E-state index contributed by atoms with van der Waals surface area (Å²) in [6, 6.07) is 37.6. The van der Waals surface area contributed by atoms with Crippen LogP contribution in [-0.2, 0) is 20.4 Å². The van der Waals surface area contributed by atoms with Gasteiger partial charge in [-0.25, -0.2) is 0 Å². The molecule has 0 saturated heterocycles. The average Bonchev–Trinajstić information content (AvgIpc) is 3.52. The standard InChI is InChI=1S/2C14H11.C12H10Si.2ClH.Zr/c2*1-10-6-7-14-12(8-10)9-11-4-2-3-5-13(11)14;1-3-7-11(8-4-1)13-12-9-5-2-6-10-12;;;/h2*2-8,13H,1H3;1-10H;2*1H;/q;;;;;+2/p-2. The first-order valence-electron chi connectivity index (χ1n) is 14.9. The fourth-order valence-corrected chi connectivity index (χ4v) is 29.1. The van der Waals surface area contributed by atoms with Gasteiger partial charge >= 0.3 is 259 Å². The van der Waals surface area contributed by atoms with E-state index in [9.17, 15) is 0 Å². The Bertz CT molecular complexity index is 1850. The van der Waals surface area contributed by atoms with Crippen LogP contribution in [0.4, 0.5) is 0 Å². The normalized spacial score (nSPS) is 18.0. The Kier molecular flexibility index (Phi) is 9.00. The second kappa shape index (κ2) is 12.8. The van der Waals surface area contributed by atoms with Gasteiger partial charge in [-0.3, -0.25) is 0 Å². The molecule has 0 N–H and O–H groups in total. The van der Waals surface area contributed by atoms with Crippen LogP contribution in [0.15, 0.2) is 157 Å². The Morgan fingerprint density at radius 1 is 0.523 bits per heavy atom. The number of hydrogen-bond acceptors (Lipinski definition) is 0. The molecule has 0 amide bonds. The predicted molar refractivity (Wildman–Crippen MR) is 176 cm³/mol. The topological polar surface area (TPSA) is 0 Å². The van der Waals surface area contributed by atoms with Crippen LogP contribution in [0.1, 0.15) is 45.2 Å². The molecule has 0 aliphatic heterocycles. The van der Waals surface area contributed by atoms with Gasteiger partial charge in [0.1, 0.15) is 0 Å². The molecular formula is C40H32Cl2SiZr. The van der Waals surface area contributed by atoms with Crippen LogP contribution in [0.5, 0.6) is 0 Å². The van der Waals surface area contributed by atoms with Crippen LogP contribution in [0, 0.1) is 13.8 Å². The number of allylic oxidation sites excluding steroid dienone is 10. The number of benzene rings is 4. The minimum Gasteiger partial charge on any atom is -1.00 e. The molecule has 8 rings (SSSR count). The van der Waals surface area contributed by atoms with E-state index in [0.717, 1.165) is 0 Å². The van der Waals surface area contributed by atoms with Crippen molar-refractivity contribution >= 4 is 22.4 Å². The first kappa shape index (κ1) is 31.0. The van der Waals surface area contributed by atoms with Crippen LogP contribution >= 0.6 is 0 Å². The maximum atomic E-state index is 2.51. The zero-order chi connectivity index (χ0) is 28.2. The molecule has 4 aliphatic rings. The zero-order valence-electron chi connectivity index (χ0n) is 24.8. The van der Waals surface area contributed by atoms with Gasteiger partial charge in [-0.05, 0) is 0 Å². The molecule has 0 bridgehead atoms. The molecule has 4 aliphatic carbocycles. The summed E-state index contributed by atoms with van der Waals surface area (Å²) in [6.45, 7) is 4.53. The molecule has 0 heterocycles. The fourth-order valence-electron chi connectivity index (χ4n) is 7.33. The molecule has 0 aromatic heterocycles. The quantitative estimate of drug-likeness (QED) is 0.287. The van der Waals surface area contributed by atoms with Gasteiger partial charge in [0, 0.05) is 0 Å². The number of rotatable bonds is 4. The molecule has 44 heavy (non-hydrogen) atoms. The van der Waals surface area contributed by atoms with E-state index in [1.165, 1.54) is 33.4 Å². The summed E-state index contributed by atoms with van der Waals surface area (Å²) in [6.07, 6.45) is 18.8. The van der Waals surface area contributed by atoms with Crippen LogP contribution in [0.25, 0.3) is 6.56 Å². The van der Waals surface area contributed by atoms with E-state index in [4.69, 9.17) is 0 Å². The molecule has 0 fully saturated rings. The molecule has 2 atom stereocenters. The molecule has 4 heteroatoms. The maximum Gasteiger partial charge on any atom is -1.00 e. The molecule has 0 radical (unpaired) electrons. The Morgan fingerprint density at radius 3 is 1.39 bits per heavy atom. The molecule has 4 aromatic rings. The molecular weight excluding hydrogens is 671 g/mol. The van der Waals surface area contributed by atoms with E-state index in [1.54, 1.807) is 28.1 Å². The van der Waals surface area contributed by atoms with Crippen LogP contribution in [0.2, 0.25) is 0 Å². The van der Waals surface area contributed by atoms with Gasteiger partial charge in [-0.2, -0.15) is 0 Å². The molecule has 0 spiro atoms. The summed E-state index contributed by atoms with van der Waals surface area (Å²) in [4.78, 5) is 0. The first-order valence-corrected chi connectivity index (χ1v) is 22.6. The van der Waals surface area contributed by atoms with Crippen molar-refractivity contribution in [1.82, 2.24) is 0 Å². The van der Waals surface area contributed by atoms with Gasteiger partial charge in [0.15, 0.2) is 0 Å². The van der Waals surface area contributed by atoms with Crippen LogP contribution in [-0.4, -0.2) is 5.43 Å². The molecule has 4 aromatic carbocycles. The van der Waals surface area contributed by atoms with Crippen molar-refractivity contribution in [3.63, 3.8) is 0 Å². The van der Waals surface area contributed by atoms with E-state index < -0.39 is 25.8 Å². The smallest absolute Gasteiger partial charge is 1.00 e. The third-order valence-electron chi connectivity index (χ3n) is 9.13. The third-order valence-corrected chi connectivity index (χ3v) is 27.6. The van der Waals surface area contributed by atoms with E-state index >= 15 is 0 Å². The monoisotopic (exact) mass is 700 g/mol. The predicted octanol–water partition coefficient (Wildman–Crippen LogP) is 2.30. The number of aryl methyl sites for hydroxylation is 2. The van der Waals surface area contributed by atoms with Gasteiger partial charge in [-0.15, -0.1) is 0 Å². The third kappa shape index (κ3) is 5.11. The maximum absolute atomic E-state index is 2.81. The summed E-state index contributed by atoms with van der Waals surface area (Å²) in [5, 5.41) is 3.09. The molecule has 2 unspecified atom stereocenters. The SMILES string of the molecule is Cc1ccc2c(c1)[C]([Zr+2]([C]1=C3C=CC=CC3c3ccc(C)cc31)=[Si](c1ccccc1)c1ccccc1)=C1C=CC=CC12.[Cl-].[Cl-]. The second-order valence-electron chi connectivity index (χ2n) is 11.8. The summed E-state index contributed by atoms with van der Waals surface area (Å²) < 4.78 is 3.45. The molecule has 0 nitrogen and oxygen atoms in total. The van der Waals surface area contributed by atoms with E-state index in [1.807, 2.05) is 0 Å². The molecule has 0 saturated carbocycles. The van der Waals surface area contributed by atoms with Gasteiger partial charge in [0.25, 0.3) is 0 Å². The van der Waals surface area contributed by atoms with Crippen molar-refractivity contribution in [3.8, 4) is 0 Å². The molecule has 214 valence electrons. The van der Waals surface area contributed by atoms with Crippen molar-refractivity contribution in [1.29, 1.82) is 0 Å². The number of hydrogen-bond donors (Lipinski definition) is 0. The van der Waals surface area contributed by atoms with Crippen molar-refractivity contribution < 1.29 is 45.2 Å². The summed E-state index contributed by atoms with van der Waals surface area (Å²) >= 11 is -2.81. The van der Waals surface area contributed by atoms with Gasteiger partial charge in [-0.1, -0.05) is 0 Å². The Balaban J connectivity index is 0.00000171. The minimum atomic E-state index is -2.81. The Hall–Kier alpha value is -3.00. The van der Waals surface area contributed by atoms with E-state index in [2.05, 4.69) is 160 Å². The van der Waals surface area contributed by atoms with E-state index in [0.29, 0.717) is 11.8 Å². The fraction of sp³-hybridized carbons (Fsp3) is 0.100. The number of fused-ring (bicyclic) bond motifs is 6. The largest absolute Gasteiger partial charge is 1.00 e. The van der Waals surface area contributed by atoms with Crippen molar-refractivity contribution in [2.75, 3.05) is 0 Å². The van der Waals surface area contributed by atoms with Crippen molar-refractivity contribution in [2.24, 2.45) is 0 Å². The number of halogens is 2. The van der Waals surface area contributed by atoms with Crippen LogP contribution < -0.4 is 35.2 Å². The average molecular weight is 703 g/mol. The van der Waals surface area contributed by atoms with Crippen LogP contribution in [0.3, 0.4) is 0 Å². The van der Waals surface area contributed by atoms with E-state index in [-0.39, 0.29) is 24.8 Å². The van der Waals surface area contributed by atoms with Crippen molar-refractivity contribution in [3.05, 3.63) is 190 Å². The van der Waals surface area contributed by atoms with Gasteiger partial charge in [0.05, 0.1) is 0 Å². The minimum absolute atomic E-state index is 0. The summed E-state index contributed by atoms with van der Waals surface area (Å²) in [5.41, 5.74) is 10.7. The summed E-state index contributed by atoms with van der Waals surface area (Å²) in [7, 11) is 0. The first-order chi connectivity index (χ1) is 20.7. The Labute approximate surface area is 281 Å². The second-order valence-corrected chi connectivity index (χ2v) is 24.6. The zero-order valence-corrected chi connectivity index (χ0v) is 29.7. The van der Waals surface area contributed by atoms with Gasteiger partial charge < -0.3 is 24.8 Å². The summed E-state index contributed by atoms with van der Waals surface area (Å²) in [5.74, 6) is 0.708. The Morgan fingerprint density at radius 2 is 0.955 bits per heavy atom. The van der Waals surface area contributed by atoms with Gasteiger partial charge in [0.2, 0.25) is 0 Å². The van der Waals surface area contributed by atoms with Crippen molar-refractivity contribution in [2.45, 2.75) is 25.7 Å².